The summed E-state index contributed by atoms with van der Waals surface area (Å²) in [6.45, 7) is 16.1. The number of aryl methyl sites for hydroxylation is 1. The molecule has 1 heterocycles. The highest BCUT2D eigenvalue weighted by Crippen LogP contribution is 2.34. The van der Waals surface area contributed by atoms with Gasteiger partial charge in [-0.05, 0) is 43.1 Å². The van der Waals surface area contributed by atoms with Crippen molar-refractivity contribution < 1.29 is 0 Å². The van der Waals surface area contributed by atoms with Gasteiger partial charge in [0.1, 0.15) is 5.82 Å². The van der Waals surface area contributed by atoms with Crippen molar-refractivity contribution >= 4 is 0 Å². The third-order valence-electron chi connectivity index (χ3n) is 7.33. The molecule has 0 fully saturated rings. The lowest BCUT2D eigenvalue weighted by Gasteiger charge is -2.30. The zero-order valence-corrected chi connectivity index (χ0v) is 20.9. The van der Waals surface area contributed by atoms with Crippen molar-refractivity contribution in [2.75, 3.05) is 0 Å². The average Bonchev–Trinajstić information content (AvgIpc) is 2.74. The molecule has 0 amide bonds. The first-order chi connectivity index (χ1) is 13.8. The Morgan fingerprint density at radius 2 is 1.21 bits per heavy atom. The van der Waals surface area contributed by atoms with Crippen molar-refractivity contribution in [3.05, 3.63) is 23.3 Å². The number of unbranched alkanes of at least 4 members (excludes halogenated alkanes) is 9. The van der Waals surface area contributed by atoms with Crippen molar-refractivity contribution in [1.82, 2.24) is 9.97 Å². The van der Waals surface area contributed by atoms with E-state index in [9.17, 15) is 0 Å². The van der Waals surface area contributed by atoms with Crippen LogP contribution in [0.5, 0.6) is 0 Å². The largest absolute Gasteiger partial charge is 0.240 e. The minimum atomic E-state index is 0.0554. The summed E-state index contributed by atoms with van der Waals surface area (Å²) < 4.78 is 0. The Balaban J connectivity index is 2.66. The molecule has 2 nitrogen and oxygen atoms in total. The molecule has 0 aliphatic carbocycles. The van der Waals surface area contributed by atoms with E-state index in [1.807, 2.05) is 0 Å². The van der Waals surface area contributed by atoms with Crippen LogP contribution in [0.1, 0.15) is 149 Å². The third-order valence-corrected chi connectivity index (χ3v) is 7.33. The highest BCUT2D eigenvalue weighted by atomic mass is 14.9. The SMILES string of the molecule is CCCCCCCCCCCCc1nc(C(C)(C)CC)ncc1C(C)(CC)CC. The summed E-state index contributed by atoms with van der Waals surface area (Å²) in [6.07, 6.45) is 20.5. The molecule has 0 radical (unpaired) electrons. The van der Waals surface area contributed by atoms with E-state index in [1.54, 1.807) is 0 Å². The van der Waals surface area contributed by atoms with Crippen LogP contribution in [0.25, 0.3) is 0 Å². The fourth-order valence-corrected chi connectivity index (χ4v) is 4.01. The van der Waals surface area contributed by atoms with Gasteiger partial charge in [-0.15, -0.1) is 0 Å². The normalized spacial score (nSPS) is 12.5. The minimum absolute atomic E-state index is 0.0554. The molecule has 29 heavy (non-hydrogen) atoms. The van der Waals surface area contributed by atoms with E-state index < -0.39 is 0 Å². The lowest BCUT2D eigenvalue weighted by Crippen LogP contribution is -2.26. The van der Waals surface area contributed by atoms with Crippen molar-refractivity contribution in [3.63, 3.8) is 0 Å². The topological polar surface area (TPSA) is 25.8 Å². The standard InChI is InChI=1S/C27H50N2/c1-8-12-13-14-15-16-17-18-19-20-21-24-23(27(7,10-3)11-4)22-28-25(29-24)26(5,6)9-2/h22H,8-21H2,1-7H3. The van der Waals surface area contributed by atoms with Gasteiger partial charge in [0.15, 0.2) is 0 Å². The summed E-state index contributed by atoms with van der Waals surface area (Å²) in [4.78, 5) is 9.97. The maximum absolute atomic E-state index is 5.14. The summed E-state index contributed by atoms with van der Waals surface area (Å²) in [5.74, 6) is 1.03. The van der Waals surface area contributed by atoms with Crippen LogP contribution in [0.15, 0.2) is 6.20 Å². The molecule has 168 valence electrons. The Labute approximate surface area is 182 Å². The predicted molar refractivity (Wildman–Crippen MR) is 129 cm³/mol. The van der Waals surface area contributed by atoms with Crippen LogP contribution in [-0.4, -0.2) is 9.97 Å². The van der Waals surface area contributed by atoms with E-state index in [1.165, 1.54) is 75.5 Å². The van der Waals surface area contributed by atoms with Crippen LogP contribution in [0.4, 0.5) is 0 Å². The maximum atomic E-state index is 5.14. The van der Waals surface area contributed by atoms with Crippen LogP contribution < -0.4 is 0 Å². The first kappa shape index (κ1) is 26.1. The van der Waals surface area contributed by atoms with E-state index in [4.69, 9.17) is 9.97 Å². The highest BCUT2D eigenvalue weighted by molar-refractivity contribution is 5.28. The molecule has 0 aromatic carbocycles. The van der Waals surface area contributed by atoms with Crippen LogP contribution in [0.3, 0.4) is 0 Å². The van der Waals surface area contributed by atoms with E-state index in [-0.39, 0.29) is 10.8 Å². The molecule has 0 aliphatic heterocycles. The fourth-order valence-electron chi connectivity index (χ4n) is 4.01. The van der Waals surface area contributed by atoms with Gasteiger partial charge in [-0.25, -0.2) is 9.97 Å². The van der Waals surface area contributed by atoms with Crippen LogP contribution in [0.2, 0.25) is 0 Å². The predicted octanol–water partition coefficient (Wildman–Crippen LogP) is 8.71. The van der Waals surface area contributed by atoms with Crippen molar-refractivity contribution in [3.8, 4) is 0 Å². The Morgan fingerprint density at radius 1 is 0.690 bits per heavy atom. The van der Waals surface area contributed by atoms with Gasteiger partial charge in [-0.1, -0.05) is 106 Å². The van der Waals surface area contributed by atoms with Gasteiger partial charge in [-0.2, -0.15) is 0 Å². The van der Waals surface area contributed by atoms with Gasteiger partial charge in [0.2, 0.25) is 0 Å². The third kappa shape index (κ3) is 8.38. The summed E-state index contributed by atoms with van der Waals surface area (Å²) >= 11 is 0. The number of aromatic nitrogens is 2. The second kappa shape index (κ2) is 13.4. The quantitative estimate of drug-likeness (QED) is 0.258. The molecule has 1 rings (SSSR count). The Hall–Kier alpha value is -0.920. The molecule has 2 heteroatoms. The summed E-state index contributed by atoms with van der Waals surface area (Å²) in [7, 11) is 0. The van der Waals surface area contributed by atoms with Crippen molar-refractivity contribution in [1.29, 1.82) is 0 Å². The highest BCUT2D eigenvalue weighted by Gasteiger charge is 2.29. The Morgan fingerprint density at radius 3 is 1.69 bits per heavy atom. The van der Waals surface area contributed by atoms with Gasteiger partial charge in [0, 0.05) is 17.3 Å². The number of hydrogen-bond donors (Lipinski definition) is 0. The molecule has 1 aromatic rings. The Bertz CT molecular complexity index is 558. The average molecular weight is 403 g/mol. The summed E-state index contributed by atoms with van der Waals surface area (Å²) in [6, 6.07) is 0. The van der Waals surface area contributed by atoms with Crippen LogP contribution in [-0.2, 0) is 17.3 Å². The van der Waals surface area contributed by atoms with Crippen LogP contribution >= 0.6 is 0 Å². The number of rotatable bonds is 16. The molecule has 0 atom stereocenters. The van der Waals surface area contributed by atoms with E-state index in [0.29, 0.717) is 0 Å². The van der Waals surface area contributed by atoms with Gasteiger partial charge in [-0.3, -0.25) is 0 Å². The molecule has 1 aromatic heterocycles. The van der Waals surface area contributed by atoms with Gasteiger partial charge in [0.25, 0.3) is 0 Å². The maximum Gasteiger partial charge on any atom is 0.134 e. The molecule has 0 bridgehead atoms. The first-order valence-electron chi connectivity index (χ1n) is 12.7. The number of nitrogens with zero attached hydrogens (tertiary/aromatic N) is 2. The second-order valence-electron chi connectivity index (χ2n) is 9.99. The molecule has 0 saturated carbocycles. The van der Waals surface area contributed by atoms with Crippen LogP contribution in [0, 0.1) is 0 Å². The first-order valence-corrected chi connectivity index (χ1v) is 12.7. The lowest BCUT2D eigenvalue weighted by atomic mass is 9.77. The minimum Gasteiger partial charge on any atom is -0.240 e. The summed E-state index contributed by atoms with van der Waals surface area (Å²) in [5.41, 5.74) is 2.97. The monoisotopic (exact) mass is 402 g/mol. The zero-order valence-electron chi connectivity index (χ0n) is 20.9. The zero-order chi connectivity index (χ0) is 21.8. The molecule has 0 aliphatic rings. The van der Waals surface area contributed by atoms with Crippen molar-refractivity contribution in [2.45, 2.75) is 149 Å². The van der Waals surface area contributed by atoms with Gasteiger partial charge < -0.3 is 0 Å². The smallest absolute Gasteiger partial charge is 0.134 e. The Kier molecular flexibility index (Phi) is 12.1. The fraction of sp³-hybridized carbons (Fsp3) is 0.852. The number of hydrogen-bond acceptors (Lipinski definition) is 2. The molecule has 0 N–H and O–H groups in total. The molecular formula is C27H50N2. The van der Waals surface area contributed by atoms with E-state index in [0.717, 1.165) is 31.5 Å². The summed E-state index contributed by atoms with van der Waals surface area (Å²) in [5, 5.41) is 0. The van der Waals surface area contributed by atoms with Crippen molar-refractivity contribution in [2.24, 2.45) is 0 Å². The molecule has 0 saturated heterocycles. The van der Waals surface area contributed by atoms with Gasteiger partial charge >= 0.3 is 0 Å². The second-order valence-corrected chi connectivity index (χ2v) is 9.99. The lowest BCUT2D eigenvalue weighted by molar-refractivity contribution is 0.421. The van der Waals surface area contributed by atoms with Gasteiger partial charge in [0.05, 0.1) is 0 Å². The van der Waals surface area contributed by atoms with E-state index in [2.05, 4.69) is 54.7 Å². The van der Waals surface area contributed by atoms with E-state index >= 15 is 0 Å². The molecule has 0 spiro atoms. The molecule has 0 unspecified atom stereocenters. The molecular weight excluding hydrogens is 352 g/mol.